The van der Waals surface area contributed by atoms with E-state index in [9.17, 15) is 10.1 Å². The lowest BCUT2D eigenvalue weighted by Gasteiger charge is -1.92. The smallest absolute Gasteiger partial charge is 0.402 e. The van der Waals surface area contributed by atoms with Gasteiger partial charge in [0.2, 0.25) is 0 Å². The van der Waals surface area contributed by atoms with Crippen molar-refractivity contribution >= 4 is 17.5 Å². The van der Waals surface area contributed by atoms with E-state index in [4.69, 9.17) is 15.6 Å². The van der Waals surface area contributed by atoms with E-state index in [2.05, 4.69) is 5.73 Å². The summed E-state index contributed by atoms with van der Waals surface area (Å²) in [5.74, 6) is 0. The van der Waals surface area contributed by atoms with Crippen LogP contribution < -0.4 is 11.5 Å². The summed E-state index contributed by atoms with van der Waals surface area (Å²) in [6.45, 7) is 0. The van der Waals surface area contributed by atoms with Crippen molar-refractivity contribution in [2.24, 2.45) is 5.73 Å². The molecular weight excluding hydrogens is 190 g/mol. The Balaban J connectivity index is 0.000000364. The predicted molar refractivity (Wildman–Crippen MR) is 49.7 cm³/mol. The van der Waals surface area contributed by atoms with Gasteiger partial charge in [0, 0.05) is 6.07 Å². The molecule has 1 amide bonds. The molecule has 0 saturated carbocycles. The minimum absolute atomic E-state index is 0.0394. The molecule has 7 nitrogen and oxygen atoms in total. The number of para-hydroxylation sites is 2. The SMILES string of the molecule is NC(=O)O.Nc1ccccc1[N+](=O)[O-]. The van der Waals surface area contributed by atoms with Crippen LogP contribution in [0.1, 0.15) is 0 Å². The average Bonchev–Trinajstić information content (AvgIpc) is 2.03. The summed E-state index contributed by atoms with van der Waals surface area (Å²) in [4.78, 5) is 18.4. The molecule has 0 saturated heterocycles. The zero-order valence-corrected chi connectivity index (χ0v) is 7.08. The fraction of sp³-hybridized carbons (Fsp3) is 0. The third kappa shape index (κ3) is 4.54. The Morgan fingerprint density at radius 1 is 1.43 bits per heavy atom. The number of nitro benzene ring substituents is 1. The fourth-order valence-electron chi connectivity index (χ4n) is 0.654. The van der Waals surface area contributed by atoms with Gasteiger partial charge < -0.3 is 16.6 Å². The van der Waals surface area contributed by atoms with E-state index in [0.29, 0.717) is 0 Å². The van der Waals surface area contributed by atoms with Gasteiger partial charge in [0.1, 0.15) is 5.69 Å². The Labute approximate surface area is 79.1 Å². The number of amides is 1. The van der Waals surface area contributed by atoms with Gasteiger partial charge >= 0.3 is 6.09 Å². The van der Waals surface area contributed by atoms with Gasteiger partial charge in [0.05, 0.1) is 4.92 Å². The molecule has 1 aromatic rings. The topological polar surface area (TPSA) is 132 Å². The van der Waals surface area contributed by atoms with Crippen LogP contribution >= 0.6 is 0 Å². The summed E-state index contributed by atoms with van der Waals surface area (Å²) >= 11 is 0. The van der Waals surface area contributed by atoms with Gasteiger partial charge in [-0.05, 0) is 6.07 Å². The van der Waals surface area contributed by atoms with Crippen molar-refractivity contribution in [2.75, 3.05) is 5.73 Å². The highest BCUT2D eigenvalue weighted by Crippen LogP contribution is 2.18. The number of carboxylic acid groups (broad SMARTS) is 1. The van der Waals surface area contributed by atoms with Gasteiger partial charge in [-0.1, -0.05) is 12.1 Å². The number of nitrogen functional groups attached to an aromatic ring is 1. The number of rotatable bonds is 1. The Kier molecular flexibility index (Phi) is 4.47. The van der Waals surface area contributed by atoms with Gasteiger partial charge in [-0.15, -0.1) is 0 Å². The second kappa shape index (κ2) is 5.36. The van der Waals surface area contributed by atoms with Crippen LogP contribution in [0.3, 0.4) is 0 Å². The van der Waals surface area contributed by atoms with Crippen molar-refractivity contribution in [3.05, 3.63) is 34.4 Å². The molecule has 0 spiro atoms. The third-order valence-corrected chi connectivity index (χ3v) is 1.13. The lowest BCUT2D eigenvalue weighted by atomic mass is 10.3. The first-order chi connectivity index (χ1) is 6.45. The summed E-state index contributed by atoms with van der Waals surface area (Å²) in [5, 5.41) is 17.3. The number of hydrogen-bond donors (Lipinski definition) is 3. The number of nitrogens with zero attached hydrogens (tertiary/aromatic N) is 1. The summed E-state index contributed by atoms with van der Waals surface area (Å²) in [7, 11) is 0. The molecule has 0 unspecified atom stereocenters. The molecule has 0 atom stereocenters. The summed E-state index contributed by atoms with van der Waals surface area (Å²) < 4.78 is 0. The number of primary amides is 1. The van der Waals surface area contributed by atoms with Crippen LogP contribution in [0.25, 0.3) is 0 Å². The van der Waals surface area contributed by atoms with Crippen LogP contribution in [0.2, 0.25) is 0 Å². The van der Waals surface area contributed by atoms with E-state index in [1.807, 2.05) is 0 Å². The van der Waals surface area contributed by atoms with E-state index in [1.165, 1.54) is 12.1 Å². The molecule has 5 N–H and O–H groups in total. The molecule has 0 aliphatic heterocycles. The molecule has 14 heavy (non-hydrogen) atoms. The number of nitro groups is 1. The Morgan fingerprint density at radius 3 is 2.14 bits per heavy atom. The minimum atomic E-state index is -1.33. The van der Waals surface area contributed by atoms with E-state index in [1.54, 1.807) is 12.1 Å². The Hall–Kier alpha value is -2.31. The van der Waals surface area contributed by atoms with Gasteiger partial charge in [0.25, 0.3) is 5.69 Å². The number of nitrogens with two attached hydrogens (primary N) is 2. The van der Waals surface area contributed by atoms with E-state index < -0.39 is 11.0 Å². The maximum absolute atomic E-state index is 10.1. The second-order valence-electron chi connectivity index (χ2n) is 2.15. The maximum atomic E-state index is 10.1. The van der Waals surface area contributed by atoms with E-state index in [-0.39, 0.29) is 11.4 Å². The summed E-state index contributed by atoms with van der Waals surface area (Å²) in [6, 6.07) is 6.10. The van der Waals surface area contributed by atoms with Gasteiger partial charge in [0.15, 0.2) is 0 Å². The molecular formula is C7H9N3O4. The van der Waals surface area contributed by atoms with Crippen molar-refractivity contribution in [3.8, 4) is 0 Å². The van der Waals surface area contributed by atoms with Crippen molar-refractivity contribution in [3.63, 3.8) is 0 Å². The number of benzene rings is 1. The lowest BCUT2D eigenvalue weighted by Crippen LogP contribution is -2.03. The summed E-state index contributed by atoms with van der Waals surface area (Å²) in [6.07, 6.45) is -1.33. The molecule has 0 heterocycles. The van der Waals surface area contributed by atoms with Crippen molar-refractivity contribution < 1.29 is 14.8 Å². The zero-order valence-electron chi connectivity index (χ0n) is 7.08. The molecule has 0 aliphatic carbocycles. The molecule has 1 rings (SSSR count). The van der Waals surface area contributed by atoms with Crippen molar-refractivity contribution in [1.82, 2.24) is 0 Å². The highest BCUT2D eigenvalue weighted by atomic mass is 16.6. The Morgan fingerprint density at radius 2 is 1.86 bits per heavy atom. The highest BCUT2D eigenvalue weighted by Gasteiger charge is 2.07. The quantitative estimate of drug-likeness (QED) is 0.349. The first-order valence-electron chi connectivity index (χ1n) is 3.42. The monoisotopic (exact) mass is 199 g/mol. The van der Waals surface area contributed by atoms with Crippen molar-refractivity contribution in [2.45, 2.75) is 0 Å². The molecule has 0 bridgehead atoms. The van der Waals surface area contributed by atoms with Crippen LogP contribution in [0.5, 0.6) is 0 Å². The second-order valence-corrected chi connectivity index (χ2v) is 2.15. The van der Waals surface area contributed by atoms with Gasteiger partial charge in [-0.25, -0.2) is 4.79 Å². The molecule has 7 heteroatoms. The third-order valence-electron chi connectivity index (χ3n) is 1.13. The molecule has 0 aromatic heterocycles. The lowest BCUT2D eigenvalue weighted by molar-refractivity contribution is -0.383. The van der Waals surface area contributed by atoms with E-state index >= 15 is 0 Å². The highest BCUT2D eigenvalue weighted by molar-refractivity contribution is 5.61. The maximum Gasteiger partial charge on any atom is 0.402 e. The van der Waals surface area contributed by atoms with Crippen LogP contribution in [-0.4, -0.2) is 16.1 Å². The number of hydrogen-bond acceptors (Lipinski definition) is 4. The minimum Gasteiger partial charge on any atom is -0.465 e. The summed E-state index contributed by atoms with van der Waals surface area (Å²) in [5.41, 5.74) is 9.47. The van der Waals surface area contributed by atoms with Crippen LogP contribution in [0.4, 0.5) is 16.2 Å². The number of anilines is 1. The fourth-order valence-corrected chi connectivity index (χ4v) is 0.654. The zero-order chi connectivity index (χ0) is 11.1. The van der Waals surface area contributed by atoms with Crippen LogP contribution in [0, 0.1) is 10.1 Å². The molecule has 0 aliphatic rings. The van der Waals surface area contributed by atoms with Crippen molar-refractivity contribution in [1.29, 1.82) is 0 Å². The molecule has 76 valence electrons. The first kappa shape index (κ1) is 11.7. The largest absolute Gasteiger partial charge is 0.465 e. The van der Waals surface area contributed by atoms with Crippen LogP contribution in [0.15, 0.2) is 24.3 Å². The van der Waals surface area contributed by atoms with Crippen LogP contribution in [-0.2, 0) is 0 Å². The molecule has 1 aromatic carbocycles. The molecule has 0 fully saturated rings. The van der Waals surface area contributed by atoms with Gasteiger partial charge in [-0.3, -0.25) is 10.1 Å². The van der Waals surface area contributed by atoms with E-state index in [0.717, 1.165) is 0 Å². The first-order valence-corrected chi connectivity index (χ1v) is 3.42. The standard InChI is InChI=1S/C6H6N2O2.CH3NO2/c7-5-3-1-2-4-6(5)8(9)10;2-1(3)4/h1-4H,7H2;2H2,(H,3,4). The average molecular weight is 199 g/mol. The number of carbonyl (C=O) groups is 1. The Bertz CT molecular complexity index is 335. The predicted octanol–water partition coefficient (Wildman–Crippen LogP) is 0.800. The van der Waals surface area contributed by atoms with Gasteiger partial charge in [-0.2, -0.15) is 0 Å². The molecule has 0 radical (unpaired) electrons. The normalized spacial score (nSPS) is 8.29.